The molecule has 0 N–H and O–H groups in total. The Morgan fingerprint density at radius 2 is 1.28 bits per heavy atom. The van der Waals surface area contributed by atoms with Gasteiger partial charge in [0.15, 0.2) is 0 Å². The summed E-state index contributed by atoms with van der Waals surface area (Å²) >= 11 is 0. The second-order valence-electron chi connectivity index (χ2n) is 19.6. The highest BCUT2D eigenvalue weighted by Gasteiger charge is 2.25. The van der Waals surface area contributed by atoms with Crippen molar-refractivity contribution in [2.75, 3.05) is 4.90 Å². The summed E-state index contributed by atoms with van der Waals surface area (Å²) in [5.41, 5.74) is 10.2. The van der Waals surface area contributed by atoms with Crippen LogP contribution in [0.4, 0.5) is 11.4 Å². The van der Waals surface area contributed by atoms with Gasteiger partial charge in [-0.15, -0.1) is 0 Å². The Hall–Kier alpha value is -7.11. The highest BCUT2D eigenvalue weighted by atomic mass is 16.5. The molecule has 316 valence electrons. The summed E-state index contributed by atoms with van der Waals surface area (Å²) in [7, 11) is 0. The number of benzene rings is 7. The number of anilines is 2. The SMILES string of the molecule is [2H]C([2H])(c1ccnc(-n2c3ccc(C(C)(C)C)cc3c3ccc(Oc4cccc(N5Cn6c7c(C)cccc7c7cc(C)ccc7c7ccccc7c7cccc5c76)c4)cc32)c1)C(C)(C)C. The number of fused-ring (bicyclic) bond motifs is 10. The van der Waals surface area contributed by atoms with Crippen molar-refractivity contribution >= 4 is 76.5 Å². The fourth-order valence-corrected chi connectivity index (χ4v) is 9.92. The van der Waals surface area contributed by atoms with Crippen molar-refractivity contribution in [1.29, 1.82) is 0 Å². The number of hydrogen-bond donors (Lipinski definition) is 0. The summed E-state index contributed by atoms with van der Waals surface area (Å²) in [6.07, 6.45) is 0.149. The molecule has 5 heteroatoms. The molecule has 0 unspecified atom stereocenters. The third kappa shape index (κ3) is 6.73. The highest BCUT2D eigenvalue weighted by molar-refractivity contribution is 6.21. The number of ether oxygens (including phenoxy) is 1. The summed E-state index contributed by atoms with van der Waals surface area (Å²) in [6, 6.07) is 54.2. The van der Waals surface area contributed by atoms with Crippen molar-refractivity contribution in [3.8, 4) is 17.3 Å². The number of aromatic nitrogens is 3. The molecule has 11 rings (SSSR count). The van der Waals surface area contributed by atoms with Crippen LogP contribution in [0.25, 0.3) is 71.0 Å². The number of para-hydroxylation sites is 2. The van der Waals surface area contributed by atoms with Gasteiger partial charge in [-0.25, -0.2) is 4.98 Å². The summed E-state index contributed by atoms with van der Waals surface area (Å²) in [5, 5.41) is 9.54. The lowest BCUT2D eigenvalue weighted by atomic mass is 9.86. The van der Waals surface area contributed by atoms with Gasteiger partial charge in [-0.2, -0.15) is 0 Å². The van der Waals surface area contributed by atoms with Gasteiger partial charge in [-0.1, -0.05) is 132 Å². The molecule has 0 saturated carbocycles. The van der Waals surface area contributed by atoms with Gasteiger partial charge >= 0.3 is 0 Å². The topological polar surface area (TPSA) is 35.2 Å². The van der Waals surface area contributed by atoms with E-state index in [1.807, 2.05) is 32.9 Å². The first-order valence-corrected chi connectivity index (χ1v) is 22.4. The average Bonchev–Trinajstić information content (AvgIpc) is 3.84. The molecule has 10 aromatic rings. The van der Waals surface area contributed by atoms with Crippen molar-refractivity contribution in [3.05, 3.63) is 180 Å². The lowest BCUT2D eigenvalue weighted by Gasteiger charge is -2.21. The smallest absolute Gasteiger partial charge is 0.137 e. The van der Waals surface area contributed by atoms with Gasteiger partial charge in [0.2, 0.25) is 0 Å². The van der Waals surface area contributed by atoms with E-state index in [-0.39, 0.29) is 5.41 Å². The van der Waals surface area contributed by atoms with Crippen LogP contribution in [-0.2, 0) is 18.5 Å². The van der Waals surface area contributed by atoms with Crippen LogP contribution in [0.2, 0.25) is 0 Å². The number of rotatable bonds is 5. The number of aryl methyl sites for hydroxylation is 2. The highest BCUT2D eigenvalue weighted by Crippen LogP contribution is 2.44. The Morgan fingerprint density at radius 1 is 0.578 bits per heavy atom. The van der Waals surface area contributed by atoms with Crippen molar-refractivity contribution in [3.63, 3.8) is 0 Å². The maximum Gasteiger partial charge on any atom is 0.137 e. The first-order valence-electron chi connectivity index (χ1n) is 23.4. The van der Waals surface area contributed by atoms with Gasteiger partial charge in [-0.05, 0) is 124 Å². The average molecular weight is 837 g/mol. The van der Waals surface area contributed by atoms with E-state index in [4.69, 9.17) is 12.5 Å². The van der Waals surface area contributed by atoms with Crippen molar-refractivity contribution in [1.82, 2.24) is 14.1 Å². The normalized spacial score (nSPS) is 13.7. The molecule has 64 heavy (non-hydrogen) atoms. The molecule has 0 radical (unpaired) electrons. The van der Waals surface area contributed by atoms with E-state index in [0.29, 0.717) is 23.8 Å². The molecule has 3 aromatic heterocycles. The maximum absolute atomic E-state index is 9.11. The molecule has 0 aliphatic carbocycles. The van der Waals surface area contributed by atoms with Gasteiger partial charge in [-0.3, -0.25) is 4.57 Å². The van der Waals surface area contributed by atoms with Gasteiger partial charge in [0, 0.05) is 48.3 Å². The third-order valence-electron chi connectivity index (χ3n) is 12.8. The molecule has 0 atom stereocenters. The molecule has 0 saturated heterocycles. The molecule has 4 heterocycles. The quantitative estimate of drug-likeness (QED) is 0.173. The summed E-state index contributed by atoms with van der Waals surface area (Å²) in [6.45, 7) is 17.6. The van der Waals surface area contributed by atoms with E-state index in [1.165, 1.54) is 60.0 Å². The largest absolute Gasteiger partial charge is 0.457 e. The molecule has 7 aromatic carbocycles. The van der Waals surface area contributed by atoms with E-state index in [9.17, 15) is 0 Å². The zero-order valence-electron chi connectivity index (χ0n) is 39.9. The fourth-order valence-electron chi connectivity index (χ4n) is 9.92. The van der Waals surface area contributed by atoms with E-state index in [1.54, 1.807) is 12.3 Å². The predicted octanol–water partition coefficient (Wildman–Crippen LogP) is 16.1. The Morgan fingerprint density at radius 3 is 2.08 bits per heavy atom. The van der Waals surface area contributed by atoms with E-state index in [0.717, 1.165) is 38.9 Å². The molecule has 5 nitrogen and oxygen atoms in total. The second-order valence-corrected chi connectivity index (χ2v) is 19.6. The summed E-state index contributed by atoms with van der Waals surface area (Å²) in [5.74, 6) is 2.09. The Balaban J connectivity index is 1.06. The summed E-state index contributed by atoms with van der Waals surface area (Å²) in [4.78, 5) is 7.28. The molecule has 0 bridgehead atoms. The monoisotopic (exact) mass is 836 g/mol. The maximum atomic E-state index is 9.11. The third-order valence-corrected chi connectivity index (χ3v) is 12.8. The Labute approximate surface area is 378 Å². The van der Waals surface area contributed by atoms with Crippen LogP contribution in [0, 0.1) is 19.3 Å². The molecule has 0 spiro atoms. The standard InChI is InChI=1S/C59H54N4O/c1-37-22-25-46-44-17-9-10-18-45(44)48-20-13-21-53-57(48)62(56-38(2)14-11-19-49(56)50(46)30-37)36-61(53)41-15-12-16-42(33-41)64-43-24-26-47-51-32-40(59(6,7)8)23-27-52(51)63(54(47)34-43)55-31-39(28-29-60-55)35-58(3,4)5/h9-34H,35-36H2,1-8H3/i35D2. The lowest BCUT2D eigenvalue weighted by Crippen LogP contribution is -2.14. The minimum Gasteiger partial charge on any atom is -0.457 e. The second kappa shape index (κ2) is 14.7. The van der Waals surface area contributed by atoms with Crippen molar-refractivity contribution in [2.24, 2.45) is 5.41 Å². The number of nitrogens with zero attached hydrogens (tertiary/aromatic N) is 4. The molecular weight excluding hydrogens is 781 g/mol. The predicted molar refractivity (Wildman–Crippen MR) is 271 cm³/mol. The van der Waals surface area contributed by atoms with E-state index < -0.39 is 11.8 Å². The van der Waals surface area contributed by atoms with Crippen molar-refractivity contribution < 1.29 is 7.48 Å². The first kappa shape index (κ1) is 37.4. The van der Waals surface area contributed by atoms with Gasteiger partial charge < -0.3 is 14.2 Å². The van der Waals surface area contributed by atoms with Gasteiger partial charge in [0.05, 0.1) is 27.8 Å². The van der Waals surface area contributed by atoms with Crippen LogP contribution >= 0.6 is 0 Å². The minimum atomic E-state index is -1.58. The first-order chi connectivity index (χ1) is 31.6. The molecular formula is C59H54N4O. The molecule has 1 aliphatic rings. The zero-order valence-corrected chi connectivity index (χ0v) is 37.9. The van der Waals surface area contributed by atoms with Crippen LogP contribution in [0.5, 0.6) is 11.5 Å². The van der Waals surface area contributed by atoms with Crippen LogP contribution in [0.1, 0.15) is 66.5 Å². The van der Waals surface area contributed by atoms with Crippen LogP contribution in [-0.4, -0.2) is 14.1 Å². The van der Waals surface area contributed by atoms with Crippen LogP contribution in [0.3, 0.4) is 0 Å². The van der Waals surface area contributed by atoms with Crippen LogP contribution < -0.4 is 9.64 Å². The molecule has 0 fully saturated rings. The Bertz CT molecular complexity index is 3700. The Kier molecular flexibility index (Phi) is 8.62. The van der Waals surface area contributed by atoms with E-state index >= 15 is 0 Å². The zero-order chi connectivity index (χ0) is 45.9. The van der Waals surface area contributed by atoms with Gasteiger partial charge in [0.1, 0.15) is 24.0 Å². The molecule has 0 amide bonds. The number of pyridine rings is 1. The lowest BCUT2D eigenvalue weighted by molar-refractivity contribution is 0.411. The fraction of sp³-hybridized carbons (Fsp3) is 0.203. The molecule has 1 aliphatic heterocycles. The van der Waals surface area contributed by atoms with Gasteiger partial charge in [0.25, 0.3) is 0 Å². The number of hydrogen-bond acceptors (Lipinski definition) is 3. The summed E-state index contributed by atoms with van der Waals surface area (Å²) < 4.78 is 29.7. The minimum absolute atomic E-state index is 0.0429. The van der Waals surface area contributed by atoms with Crippen molar-refractivity contribution in [2.45, 2.75) is 73.8 Å². The van der Waals surface area contributed by atoms with E-state index in [2.05, 4.69) is 182 Å². The van der Waals surface area contributed by atoms with Crippen LogP contribution in [0.15, 0.2) is 158 Å².